The predicted molar refractivity (Wildman–Crippen MR) is 70.3 cm³/mol. The van der Waals surface area contributed by atoms with Crippen molar-refractivity contribution in [1.29, 1.82) is 0 Å². The third-order valence-electron chi connectivity index (χ3n) is 3.14. The predicted octanol–water partition coefficient (Wildman–Crippen LogP) is 2.76. The molecule has 1 unspecified atom stereocenters. The van der Waals surface area contributed by atoms with E-state index in [1.54, 1.807) is 11.3 Å². The van der Waals surface area contributed by atoms with Crippen LogP contribution in [-0.2, 0) is 13.5 Å². The fraction of sp³-hybridized carbons (Fsp3) is 0.462. The number of hydrogen-bond donors (Lipinski definition) is 1. The number of aliphatic hydroxyl groups excluding tert-OH is 1. The van der Waals surface area contributed by atoms with Crippen LogP contribution in [0, 0.1) is 13.8 Å². The van der Waals surface area contributed by atoms with Gasteiger partial charge in [-0.15, -0.1) is 11.3 Å². The van der Waals surface area contributed by atoms with E-state index in [1.165, 1.54) is 4.88 Å². The van der Waals surface area contributed by atoms with Crippen molar-refractivity contribution in [1.82, 2.24) is 9.78 Å². The standard InChI is InChI=1S/C13H18N2OS/c1-9-13(10(2)15(3)14-9)12(16)7-6-11-5-4-8-17-11/h4-5,8,12,16H,6-7H2,1-3H3. The number of nitrogens with zero attached hydrogens (tertiary/aromatic N) is 2. The highest BCUT2D eigenvalue weighted by Crippen LogP contribution is 2.25. The Morgan fingerprint density at radius 2 is 2.24 bits per heavy atom. The summed E-state index contributed by atoms with van der Waals surface area (Å²) in [5, 5.41) is 16.7. The van der Waals surface area contributed by atoms with Gasteiger partial charge in [-0.25, -0.2) is 0 Å². The van der Waals surface area contributed by atoms with E-state index in [0.29, 0.717) is 0 Å². The molecule has 0 spiro atoms. The molecule has 0 amide bonds. The molecule has 4 heteroatoms. The van der Waals surface area contributed by atoms with E-state index in [9.17, 15) is 5.11 Å². The topological polar surface area (TPSA) is 38.0 Å². The second-order valence-electron chi connectivity index (χ2n) is 4.34. The molecule has 3 nitrogen and oxygen atoms in total. The van der Waals surface area contributed by atoms with Crippen LogP contribution >= 0.6 is 11.3 Å². The van der Waals surface area contributed by atoms with Crippen molar-refractivity contribution in [3.8, 4) is 0 Å². The molecule has 92 valence electrons. The molecule has 1 N–H and O–H groups in total. The molecule has 0 fully saturated rings. The molecular formula is C13H18N2OS. The zero-order valence-corrected chi connectivity index (χ0v) is 11.3. The molecule has 0 radical (unpaired) electrons. The van der Waals surface area contributed by atoms with Crippen molar-refractivity contribution in [3.05, 3.63) is 39.3 Å². The Balaban J connectivity index is 2.07. The second kappa shape index (κ2) is 5.02. The van der Waals surface area contributed by atoms with Gasteiger partial charge in [-0.05, 0) is 38.1 Å². The van der Waals surface area contributed by atoms with Crippen LogP contribution in [0.4, 0.5) is 0 Å². The van der Waals surface area contributed by atoms with Crippen LogP contribution in [0.2, 0.25) is 0 Å². The van der Waals surface area contributed by atoms with Crippen LogP contribution in [0.1, 0.15) is 34.4 Å². The van der Waals surface area contributed by atoms with Gasteiger partial charge < -0.3 is 5.11 Å². The van der Waals surface area contributed by atoms with E-state index in [4.69, 9.17) is 0 Å². The minimum Gasteiger partial charge on any atom is -0.388 e. The van der Waals surface area contributed by atoms with Crippen molar-refractivity contribution in [2.45, 2.75) is 32.8 Å². The Kier molecular flexibility index (Phi) is 3.64. The van der Waals surface area contributed by atoms with Gasteiger partial charge in [0.15, 0.2) is 0 Å². The van der Waals surface area contributed by atoms with Gasteiger partial charge in [-0.2, -0.15) is 5.10 Å². The van der Waals surface area contributed by atoms with E-state index in [1.807, 2.05) is 31.6 Å². The van der Waals surface area contributed by atoms with Gasteiger partial charge in [0.25, 0.3) is 0 Å². The third-order valence-corrected chi connectivity index (χ3v) is 4.08. The lowest BCUT2D eigenvalue weighted by Crippen LogP contribution is -2.02. The lowest BCUT2D eigenvalue weighted by Gasteiger charge is -2.10. The van der Waals surface area contributed by atoms with Crippen molar-refractivity contribution < 1.29 is 5.11 Å². The molecule has 2 aromatic heterocycles. The molecule has 0 saturated heterocycles. The summed E-state index contributed by atoms with van der Waals surface area (Å²) in [5.74, 6) is 0. The first-order chi connectivity index (χ1) is 8.09. The summed E-state index contributed by atoms with van der Waals surface area (Å²) in [5.41, 5.74) is 2.98. The molecule has 0 aliphatic carbocycles. The van der Waals surface area contributed by atoms with Crippen LogP contribution in [0.25, 0.3) is 0 Å². The molecule has 0 aliphatic rings. The second-order valence-corrected chi connectivity index (χ2v) is 5.37. The highest BCUT2D eigenvalue weighted by Gasteiger charge is 2.17. The zero-order chi connectivity index (χ0) is 12.4. The highest BCUT2D eigenvalue weighted by atomic mass is 32.1. The lowest BCUT2D eigenvalue weighted by atomic mass is 10.0. The lowest BCUT2D eigenvalue weighted by molar-refractivity contribution is 0.166. The van der Waals surface area contributed by atoms with Gasteiger partial charge in [0.2, 0.25) is 0 Å². The summed E-state index contributed by atoms with van der Waals surface area (Å²) in [6.07, 6.45) is 1.27. The summed E-state index contributed by atoms with van der Waals surface area (Å²) in [6.45, 7) is 3.96. The van der Waals surface area contributed by atoms with Crippen molar-refractivity contribution in [3.63, 3.8) is 0 Å². The first kappa shape index (κ1) is 12.3. The average molecular weight is 250 g/mol. The van der Waals surface area contributed by atoms with E-state index < -0.39 is 6.10 Å². The molecule has 1 atom stereocenters. The molecule has 0 aliphatic heterocycles. The minimum absolute atomic E-state index is 0.411. The number of aliphatic hydroxyl groups is 1. The molecular weight excluding hydrogens is 232 g/mol. The van der Waals surface area contributed by atoms with Crippen molar-refractivity contribution in [2.75, 3.05) is 0 Å². The quantitative estimate of drug-likeness (QED) is 0.906. The maximum Gasteiger partial charge on any atom is 0.0829 e. The van der Waals surface area contributed by atoms with Gasteiger partial charge in [-0.1, -0.05) is 6.07 Å². The molecule has 17 heavy (non-hydrogen) atoms. The maximum absolute atomic E-state index is 10.2. The van der Waals surface area contributed by atoms with E-state index in [0.717, 1.165) is 29.8 Å². The Morgan fingerprint density at radius 3 is 2.76 bits per heavy atom. The van der Waals surface area contributed by atoms with Crippen molar-refractivity contribution in [2.24, 2.45) is 7.05 Å². The normalized spacial score (nSPS) is 12.9. The van der Waals surface area contributed by atoms with Crippen LogP contribution in [0.15, 0.2) is 17.5 Å². The first-order valence-electron chi connectivity index (χ1n) is 5.80. The fourth-order valence-corrected chi connectivity index (χ4v) is 2.88. The Bertz CT molecular complexity index is 488. The molecule has 0 aromatic carbocycles. The molecule has 0 bridgehead atoms. The monoisotopic (exact) mass is 250 g/mol. The van der Waals surface area contributed by atoms with E-state index >= 15 is 0 Å². The first-order valence-corrected chi connectivity index (χ1v) is 6.68. The number of aryl methyl sites for hydroxylation is 3. The van der Waals surface area contributed by atoms with Gasteiger partial charge in [0.1, 0.15) is 0 Å². The number of rotatable bonds is 4. The minimum atomic E-state index is -0.411. The molecule has 2 rings (SSSR count). The maximum atomic E-state index is 10.2. The van der Waals surface area contributed by atoms with Gasteiger partial charge in [0, 0.05) is 23.2 Å². The third kappa shape index (κ3) is 2.58. The summed E-state index contributed by atoms with van der Waals surface area (Å²) >= 11 is 1.74. The highest BCUT2D eigenvalue weighted by molar-refractivity contribution is 7.09. The van der Waals surface area contributed by atoms with Crippen molar-refractivity contribution >= 4 is 11.3 Å². The Morgan fingerprint density at radius 1 is 1.47 bits per heavy atom. The van der Waals surface area contributed by atoms with Crippen LogP contribution in [0.3, 0.4) is 0 Å². The van der Waals surface area contributed by atoms with Gasteiger partial charge >= 0.3 is 0 Å². The molecule has 2 heterocycles. The fourth-order valence-electron chi connectivity index (χ4n) is 2.15. The van der Waals surface area contributed by atoms with Gasteiger partial charge in [0.05, 0.1) is 11.8 Å². The SMILES string of the molecule is Cc1nn(C)c(C)c1C(O)CCc1cccs1. The van der Waals surface area contributed by atoms with Crippen LogP contribution in [-0.4, -0.2) is 14.9 Å². The molecule has 2 aromatic rings. The summed E-state index contributed by atoms with van der Waals surface area (Å²) in [7, 11) is 1.91. The number of aromatic nitrogens is 2. The van der Waals surface area contributed by atoms with Gasteiger partial charge in [-0.3, -0.25) is 4.68 Å². The largest absolute Gasteiger partial charge is 0.388 e. The molecule has 0 saturated carbocycles. The number of thiophene rings is 1. The van der Waals surface area contributed by atoms with E-state index in [-0.39, 0.29) is 0 Å². The average Bonchev–Trinajstić information content (AvgIpc) is 2.86. The van der Waals surface area contributed by atoms with Crippen LogP contribution in [0.5, 0.6) is 0 Å². The summed E-state index contributed by atoms with van der Waals surface area (Å²) in [6, 6.07) is 4.16. The summed E-state index contributed by atoms with van der Waals surface area (Å²) < 4.78 is 1.83. The summed E-state index contributed by atoms with van der Waals surface area (Å²) in [4.78, 5) is 1.32. The number of hydrogen-bond acceptors (Lipinski definition) is 3. The Hall–Kier alpha value is -1.13. The Labute approximate surface area is 106 Å². The smallest absolute Gasteiger partial charge is 0.0829 e. The van der Waals surface area contributed by atoms with E-state index in [2.05, 4.69) is 16.5 Å². The zero-order valence-electron chi connectivity index (χ0n) is 10.5. The van der Waals surface area contributed by atoms with Crippen LogP contribution < -0.4 is 0 Å².